The summed E-state index contributed by atoms with van der Waals surface area (Å²) >= 11 is 0. The first-order valence-corrected chi connectivity index (χ1v) is 7.60. The third kappa shape index (κ3) is 3.60. The third-order valence-corrected chi connectivity index (χ3v) is 4.09. The number of esters is 1. The fourth-order valence-corrected chi connectivity index (χ4v) is 2.84. The summed E-state index contributed by atoms with van der Waals surface area (Å²) in [5.41, 5.74) is 1.12. The molecule has 1 aromatic rings. The molecule has 0 spiro atoms. The predicted molar refractivity (Wildman–Crippen MR) is 80.4 cm³/mol. The van der Waals surface area contributed by atoms with Crippen molar-refractivity contribution in [2.45, 2.75) is 45.8 Å². The average Bonchev–Trinajstić information content (AvgIpc) is 2.95. The fourth-order valence-electron chi connectivity index (χ4n) is 2.84. The van der Waals surface area contributed by atoms with Crippen molar-refractivity contribution in [3.05, 3.63) is 35.9 Å². The van der Waals surface area contributed by atoms with E-state index in [2.05, 4.69) is 30.9 Å². The number of benzene rings is 1. The minimum Gasteiger partial charge on any atom is -0.457 e. The van der Waals surface area contributed by atoms with Crippen molar-refractivity contribution in [3.8, 4) is 0 Å². The normalized spacial score (nSPS) is 21.1. The van der Waals surface area contributed by atoms with Gasteiger partial charge < -0.3 is 9.64 Å². The highest BCUT2D eigenvalue weighted by Gasteiger charge is 2.33. The summed E-state index contributed by atoms with van der Waals surface area (Å²) in [7, 11) is 0. The Balaban J connectivity index is 2.13. The number of hydrogen-bond acceptors (Lipinski definition) is 3. The number of likely N-dealkylation sites (tertiary alicyclic amines) is 1. The van der Waals surface area contributed by atoms with E-state index in [0.29, 0.717) is 18.4 Å². The van der Waals surface area contributed by atoms with Gasteiger partial charge in [-0.25, -0.2) is 0 Å². The number of nitrogens with zero attached hydrogens (tertiary/aromatic N) is 1. The highest BCUT2D eigenvalue weighted by atomic mass is 16.5. The average molecular weight is 275 g/mol. The van der Waals surface area contributed by atoms with E-state index in [1.165, 1.54) is 0 Å². The summed E-state index contributed by atoms with van der Waals surface area (Å²) < 4.78 is 5.73. The molecule has 1 aliphatic rings. The van der Waals surface area contributed by atoms with Gasteiger partial charge in [0.15, 0.2) is 0 Å². The van der Waals surface area contributed by atoms with Crippen LogP contribution in [-0.4, -0.2) is 30.0 Å². The van der Waals surface area contributed by atoms with E-state index in [-0.39, 0.29) is 12.1 Å². The second-order valence-electron chi connectivity index (χ2n) is 5.81. The van der Waals surface area contributed by atoms with Crippen molar-refractivity contribution in [1.82, 2.24) is 4.90 Å². The fraction of sp³-hybridized carbons (Fsp3) is 0.588. The summed E-state index contributed by atoms with van der Waals surface area (Å²) in [5.74, 6) is 0.289. The summed E-state index contributed by atoms with van der Waals surface area (Å²) in [6, 6.07) is 10.7. The lowest BCUT2D eigenvalue weighted by Crippen LogP contribution is -2.30. The van der Waals surface area contributed by atoms with Crippen LogP contribution in [0.15, 0.2) is 30.3 Å². The molecule has 3 heteroatoms. The minimum absolute atomic E-state index is 0.104. The summed E-state index contributed by atoms with van der Waals surface area (Å²) in [6.45, 7) is 8.39. The zero-order chi connectivity index (χ0) is 14.5. The molecule has 1 aromatic carbocycles. The Morgan fingerprint density at radius 2 is 2.05 bits per heavy atom. The maximum absolute atomic E-state index is 11.7. The van der Waals surface area contributed by atoms with Crippen LogP contribution in [0.2, 0.25) is 0 Å². The quantitative estimate of drug-likeness (QED) is 0.771. The van der Waals surface area contributed by atoms with Gasteiger partial charge in [0.2, 0.25) is 0 Å². The first-order chi connectivity index (χ1) is 9.61. The van der Waals surface area contributed by atoms with Crippen molar-refractivity contribution in [2.24, 2.45) is 5.92 Å². The van der Waals surface area contributed by atoms with Crippen molar-refractivity contribution in [3.63, 3.8) is 0 Å². The van der Waals surface area contributed by atoms with E-state index in [9.17, 15) is 4.79 Å². The summed E-state index contributed by atoms with van der Waals surface area (Å²) in [4.78, 5) is 14.2. The molecule has 0 amide bonds. The van der Waals surface area contributed by atoms with Crippen LogP contribution in [0.3, 0.4) is 0 Å². The minimum atomic E-state index is -0.109. The lowest BCUT2D eigenvalue weighted by atomic mass is 9.95. The maximum atomic E-state index is 11.7. The standard InChI is InChI=1S/C17H25NO2/c1-4-16(19)20-17(14-8-6-5-7-9-14)15-10-11-18(12-15)13(2)3/h5-9,13,15,17H,4,10-12H2,1-3H3/t15-,17+/m0/s1. The molecule has 2 rings (SSSR count). The highest BCUT2D eigenvalue weighted by molar-refractivity contribution is 5.69. The Bertz CT molecular complexity index is 430. The van der Waals surface area contributed by atoms with Crippen molar-refractivity contribution in [2.75, 3.05) is 13.1 Å². The second kappa shape index (κ2) is 6.89. The Morgan fingerprint density at radius 3 is 2.60 bits per heavy atom. The molecule has 0 aliphatic carbocycles. The van der Waals surface area contributed by atoms with Gasteiger partial charge in [-0.3, -0.25) is 4.79 Å². The van der Waals surface area contributed by atoms with E-state index < -0.39 is 0 Å². The maximum Gasteiger partial charge on any atom is 0.306 e. The van der Waals surface area contributed by atoms with Crippen LogP contribution >= 0.6 is 0 Å². The van der Waals surface area contributed by atoms with Crippen LogP contribution in [0.1, 0.15) is 45.3 Å². The SMILES string of the molecule is CCC(=O)O[C@H](c1ccccc1)[C@H]1CCN(C(C)C)C1. The van der Waals surface area contributed by atoms with Gasteiger partial charge in [0, 0.05) is 24.9 Å². The molecule has 20 heavy (non-hydrogen) atoms. The van der Waals surface area contributed by atoms with E-state index in [0.717, 1.165) is 25.1 Å². The number of rotatable bonds is 5. The first kappa shape index (κ1) is 15.0. The Morgan fingerprint density at radius 1 is 1.35 bits per heavy atom. The second-order valence-corrected chi connectivity index (χ2v) is 5.81. The topological polar surface area (TPSA) is 29.5 Å². The molecule has 0 bridgehead atoms. The molecule has 0 unspecified atom stereocenters. The number of carbonyl (C=O) groups is 1. The highest BCUT2D eigenvalue weighted by Crippen LogP contribution is 2.34. The molecule has 1 heterocycles. The number of carbonyl (C=O) groups excluding carboxylic acids is 1. The molecule has 1 aliphatic heterocycles. The predicted octanol–water partition coefficient (Wildman–Crippen LogP) is 3.41. The zero-order valence-electron chi connectivity index (χ0n) is 12.7. The molecule has 0 saturated carbocycles. The molecule has 0 N–H and O–H groups in total. The monoisotopic (exact) mass is 275 g/mol. The molecule has 110 valence electrons. The lowest BCUT2D eigenvalue weighted by molar-refractivity contribution is -0.151. The van der Waals surface area contributed by atoms with E-state index in [4.69, 9.17) is 4.74 Å². The summed E-state index contributed by atoms with van der Waals surface area (Å²) in [6.07, 6.45) is 1.42. The van der Waals surface area contributed by atoms with Crippen LogP contribution in [-0.2, 0) is 9.53 Å². The smallest absolute Gasteiger partial charge is 0.306 e. The number of ether oxygens (including phenoxy) is 1. The zero-order valence-corrected chi connectivity index (χ0v) is 12.7. The van der Waals surface area contributed by atoms with Crippen LogP contribution in [0.4, 0.5) is 0 Å². The summed E-state index contributed by atoms with van der Waals surface area (Å²) in [5, 5.41) is 0. The first-order valence-electron chi connectivity index (χ1n) is 7.60. The molecule has 0 aromatic heterocycles. The van der Waals surface area contributed by atoms with Gasteiger partial charge in [-0.2, -0.15) is 0 Å². The molecule has 2 atom stereocenters. The van der Waals surface area contributed by atoms with Crippen LogP contribution in [0, 0.1) is 5.92 Å². The van der Waals surface area contributed by atoms with Gasteiger partial charge in [-0.1, -0.05) is 37.3 Å². The van der Waals surface area contributed by atoms with Crippen molar-refractivity contribution in [1.29, 1.82) is 0 Å². The van der Waals surface area contributed by atoms with Crippen LogP contribution < -0.4 is 0 Å². The Kier molecular flexibility index (Phi) is 5.18. The largest absolute Gasteiger partial charge is 0.457 e. The third-order valence-electron chi connectivity index (χ3n) is 4.09. The van der Waals surface area contributed by atoms with Crippen LogP contribution in [0.25, 0.3) is 0 Å². The van der Waals surface area contributed by atoms with Gasteiger partial charge in [0.05, 0.1) is 0 Å². The van der Waals surface area contributed by atoms with Gasteiger partial charge in [0.25, 0.3) is 0 Å². The molecule has 0 radical (unpaired) electrons. The van der Waals surface area contributed by atoms with E-state index >= 15 is 0 Å². The van der Waals surface area contributed by atoms with Crippen LogP contribution in [0.5, 0.6) is 0 Å². The van der Waals surface area contributed by atoms with Gasteiger partial charge in [-0.15, -0.1) is 0 Å². The molecule has 1 saturated heterocycles. The Labute approximate surface area is 121 Å². The lowest BCUT2D eigenvalue weighted by Gasteiger charge is -2.26. The van der Waals surface area contributed by atoms with E-state index in [1.807, 2.05) is 25.1 Å². The number of hydrogen-bond donors (Lipinski definition) is 0. The van der Waals surface area contributed by atoms with Crippen molar-refractivity contribution >= 4 is 5.97 Å². The molecule has 3 nitrogen and oxygen atoms in total. The molecular formula is C17H25NO2. The Hall–Kier alpha value is -1.35. The van der Waals surface area contributed by atoms with Gasteiger partial charge in [0.1, 0.15) is 6.10 Å². The molecular weight excluding hydrogens is 250 g/mol. The van der Waals surface area contributed by atoms with Crippen molar-refractivity contribution < 1.29 is 9.53 Å². The van der Waals surface area contributed by atoms with E-state index in [1.54, 1.807) is 0 Å². The van der Waals surface area contributed by atoms with Gasteiger partial charge in [-0.05, 0) is 32.4 Å². The molecule has 1 fully saturated rings. The van der Waals surface area contributed by atoms with Gasteiger partial charge >= 0.3 is 5.97 Å².